The molecule has 1 aromatic carbocycles. The molecule has 1 aliphatic rings. The van der Waals surface area contributed by atoms with E-state index in [1.54, 1.807) is 16.7 Å². The number of amides is 1. The number of nitrogens with one attached hydrogen (secondary N) is 1. The molecule has 1 aliphatic heterocycles. The second-order valence-electron chi connectivity index (χ2n) is 7.96. The second kappa shape index (κ2) is 9.34. The van der Waals surface area contributed by atoms with Crippen LogP contribution in [-0.4, -0.2) is 53.7 Å². The molecule has 0 aliphatic carbocycles. The van der Waals surface area contributed by atoms with E-state index in [9.17, 15) is 22.8 Å². The normalized spacial score (nSPS) is 15.3. The third-order valence-electron chi connectivity index (χ3n) is 5.41. The zero-order valence-electron chi connectivity index (χ0n) is 18.6. The third-order valence-corrected chi connectivity index (χ3v) is 5.41. The topological polar surface area (TPSA) is 85.2 Å². The summed E-state index contributed by atoms with van der Waals surface area (Å²) in [7, 11) is 0. The smallest absolute Gasteiger partial charge is 0.416 e. The first kappa shape index (κ1) is 23.6. The van der Waals surface area contributed by atoms with E-state index in [1.807, 2.05) is 17.9 Å². The summed E-state index contributed by atoms with van der Waals surface area (Å²) < 4.78 is 52.0. The van der Waals surface area contributed by atoms with E-state index in [4.69, 9.17) is 9.47 Å². The number of pyridine rings is 1. The largest absolute Gasteiger partial charge is 0.448 e. The number of morpholine rings is 1. The van der Waals surface area contributed by atoms with Gasteiger partial charge in [-0.2, -0.15) is 13.2 Å². The summed E-state index contributed by atoms with van der Waals surface area (Å²) in [6.07, 6.45) is -2.63. The van der Waals surface area contributed by atoms with Gasteiger partial charge in [0.1, 0.15) is 5.65 Å². The highest BCUT2D eigenvalue weighted by molar-refractivity contribution is 5.99. The lowest BCUT2D eigenvalue weighted by molar-refractivity contribution is -0.137. The Morgan fingerprint density at radius 3 is 2.62 bits per heavy atom. The summed E-state index contributed by atoms with van der Waals surface area (Å²) in [5.74, 6) is -1.58. The number of nitrogens with zero attached hydrogens (tertiary/aromatic N) is 3. The molecule has 3 heterocycles. The van der Waals surface area contributed by atoms with Crippen molar-refractivity contribution < 1.29 is 32.2 Å². The van der Waals surface area contributed by atoms with Gasteiger partial charge in [0.25, 0.3) is 5.91 Å². The van der Waals surface area contributed by atoms with Crippen molar-refractivity contribution in [2.45, 2.75) is 26.1 Å². The van der Waals surface area contributed by atoms with Crippen LogP contribution < -0.4 is 10.2 Å². The number of aryl methyl sites for hydroxylation is 1. The number of hydrogen-bond acceptors (Lipinski definition) is 6. The number of ether oxygens (including phenoxy) is 2. The highest BCUT2D eigenvalue weighted by atomic mass is 19.4. The Bertz CT molecular complexity index is 1220. The van der Waals surface area contributed by atoms with Crippen molar-refractivity contribution in [2.24, 2.45) is 0 Å². The minimum atomic E-state index is -4.58. The lowest BCUT2D eigenvalue weighted by Gasteiger charge is -2.31. The molecule has 2 aromatic heterocycles. The van der Waals surface area contributed by atoms with E-state index in [2.05, 4.69) is 10.3 Å². The molecule has 34 heavy (non-hydrogen) atoms. The summed E-state index contributed by atoms with van der Waals surface area (Å²) in [4.78, 5) is 31.3. The van der Waals surface area contributed by atoms with Gasteiger partial charge in [0.15, 0.2) is 11.8 Å². The number of fused-ring (bicyclic) bond motifs is 1. The first-order chi connectivity index (χ1) is 16.1. The van der Waals surface area contributed by atoms with Gasteiger partial charge in [-0.3, -0.25) is 4.79 Å². The molecule has 1 fully saturated rings. The van der Waals surface area contributed by atoms with Crippen LogP contribution in [0.3, 0.4) is 0 Å². The van der Waals surface area contributed by atoms with Gasteiger partial charge < -0.3 is 24.1 Å². The Morgan fingerprint density at radius 1 is 1.18 bits per heavy atom. The van der Waals surface area contributed by atoms with Crippen LogP contribution >= 0.6 is 0 Å². The second-order valence-corrected chi connectivity index (χ2v) is 7.96. The molecule has 1 atom stereocenters. The van der Waals surface area contributed by atoms with Crippen LogP contribution in [0.5, 0.6) is 0 Å². The van der Waals surface area contributed by atoms with Crippen molar-refractivity contribution in [3.05, 3.63) is 59.5 Å². The van der Waals surface area contributed by atoms with Gasteiger partial charge in [-0.05, 0) is 49.7 Å². The van der Waals surface area contributed by atoms with E-state index in [-0.39, 0.29) is 11.4 Å². The number of rotatable bonds is 5. The molecule has 0 bridgehead atoms. The lowest BCUT2D eigenvalue weighted by atomic mass is 10.1. The average Bonchev–Trinajstić information content (AvgIpc) is 3.22. The maximum absolute atomic E-state index is 13.3. The lowest BCUT2D eigenvalue weighted by Crippen LogP contribution is -2.37. The number of esters is 1. The number of imidazole rings is 1. The standard InChI is InChI=1S/C23H23F3N4O4/c1-14-5-6-30-13-18(27-20(30)11-14)22(32)34-15(2)21(31)28-17-12-16(23(24,25)26)3-4-19(17)29-7-9-33-10-8-29/h3-6,11-13,15H,7-10H2,1-2H3,(H,28,31). The van der Waals surface area contributed by atoms with Crippen LogP contribution in [0.1, 0.15) is 28.5 Å². The van der Waals surface area contributed by atoms with Crippen molar-refractivity contribution in [1.29, 1.82) is 0 Å². The molecular formula is C23H23F3N4O4. The van der Waals surface area contributed by atoms with Crippen LogP contribution in [0.15, 0.2) is 42.7 Å². The number of carbonyl (C=O) groups is 2. The Morgan fingerprint density at radius 2 is 1.91 bits per heavy atom. The minimum Gasteiger partial charge on any atom is -0.448 e. The molecule has 1 N–H and O–H groups in total. The van der Waals surface area contributed by atoms with E-state index in [0.717, 1.165) is 17.7 Å². The summed E-state index contributed by atoms with van der Waals surface area (Å²) in [6.45, 7) is 4.99. The first-order valence-corrected chi connectivity index (χ1v) is 10.6. The zero-order valence-corrected chi connectivity index (χ0v) is 18.6. The van der Waals surface area contributed by atoms with Gasteiger partial charge in [-0.1, -0.05) is 0 Å². The molecule has 1 saturated heterocycles. The van der Waals surface area contributed by atoms with Crippen molar-refractivity contribution in [2.75, 3.05) is 36.5 Å². The number of hydrogen-bond donors (Lipinski definition) is 1. The van der Waals surface area contributed by atoms with Gasteiger partial charge in [0.05, 0.1) is 30.2 Å². The molecule has 3 aromatic rings. The summed E-state index contributed by atoms with van der Waals surface area (Å²) >= 11 is 0. The fourth-order valence-corrected chi connectivity index (χ4v) is 3.58. The molecule has 8 nitrogen and oxygen atoms in total. The van der Waals surface area contributed by atoms with E-state index < -0.39 is 29.7 Å². The minimum absolute atomic E-state index is 0.0123. The zero-order chi connectivity index (χ0) is 24.5. The number of halogens is 3. The predicted molar refractivity (Wildman–Crippen MR) is 118 cm³/mol. The number of carbonyl (C=O) groups excluding carboxylic acids is 2. The van der Waals surface area contributed by atoms with Gasteiger partial charge in [-0.25, -0.2) is 9.78 Å². The highest BCUT2D eigenvalue weighted by Crippen LogP contribution is 2.36. The van der Waals surface area contributed by atoms with Gasteiger partial charge in [-0.15, -0.1) is 0 Å². The number of aromatic nitrogens is 2. The summed E-state index contributed by atoms with van der Waals surface area (Å²) in [5, 5.41) is 2.49. The SMILES string of the molecule is Cc1ccn2cc(C(=O)OC(C)C(=O)Nc3cc(C(F)(F)F)ccc3N3CCOCC3)nc2c1. The fourth-order valence-electron chi connectivity index (χ4n) is 3.58. The predicted octanol–water partition coefficient (Wildman–Crippen LogP) is 3.68. The Kier molecular flexibility index (Phi) is 6.47. The van der Waals surface area contributed by atoms with Crippen molar-refractivity contribution in [1.82, 2.24) is 9.38 Å². The van der Waals surface area contributed by atoms with Crippen LogP contribution in [0, 0.1) is 6.92 Å². The van der Waals surface area contributed by atoms with Crippen LogP contribution in [0.2, 0.25) is 0 Å². The van der Waals surface area contributed by atoms with Crippen LogP contribution in [0.25, 0.3) is 5.65 Å². The van der Waals surface area contributed by atoms with Gasteiger partial charge >= 0.3 is 12.1 Å². The quantitative estimate of drug-likeness (QED) is 0.566. The molecule has 11 heteroatoms. The molecule has 0 radical (unpaired) electrons. The van der Waals surface area contributed by atoms with Crippen molar-refractivity contribution in [3.8, 4) is 0 Å². The summed E-state index contributed by atoms with van der Waals surface area (Å²) in [6, 6.07) is 6.80. The molecule has 0 saturated carbocycles. The van der Waals surface area contributed by atoms with Crippen LogP contribution in [-0.2, 0) is 20.4 Å². The van der Waals surface area contributed by atoms with E-state index >= 15 is 0 Å². The molecule has 180 valence electrons. The summed E-state index contributed by atoms with van der Waals surface area (Å²) in [5.41, 5.74) is 1.03. The average molecular weight is 476 g/mol. The number of alkyl halides is 3. The van der Waals surface area contributed by atoms with Crippen LogP contribution in [0.4, 0.5) is 24.5 Å². The van der Waals surface area contributed by atoms with Crippen molar-refractivity contribution >= 4 is 28.9 Å². The number of anilines is 2. The Labute approximate surface area is 193 Å². The monoisotopic (exact) mass is 476 g/mol. The highest BCUT2D eigenvalue weighted by Gasteiger charge is 2.32. The molecule has 0 spiro atoms. The van der Waals surface area contributed by atoms with Crippen molar-refractivity contribution in [3.63, 3.8) is 0 Å². The van der Waals surface area contributed by atoms with Gasteiger partial charge in [0.2, 0.25) is 0 Å². The molecule has 1 amide bonds. The van der Waals surface area contributed by atoms with E-state index in [1.165, 1.54) is 19.2 Å². The third kappa shape index (κ3) is 5.14. The molecular weight excluding hydrogens is 453 g/mol. The maximum atomic E-state index is 13.3. The first-order valence-electron chi connectivity index (χ1n) is 10.6. The van der Waals surface area contributed by atoms with E-state index in [0.29, 0.717) is 37.6 Å². The molecule has 1 unspecified atom stereocenters. The Balaban J connectivity index is 1.51. The fraction of sp³-hybridized carbons (Fsp3) is 0.348. The molecule has 4 rings (SSSR count). The van der Waals surface area contributed by atoms with Gasteiger partial charge in [0, 0.05) is 25.5 Å². The Hall–Kier alpha value is -3.60. The maximum Gasteiger partial charge on any atom is 0.416 e. The number of benzene rings is 1.